The summed E-state index contributed by atoms with van der Waals surface area (Å²) in [5.41, 5.74) is 0.562. The van der Waals surface area contributed by atoms with Crippen LogP contribution in [0, 0.1) is 5.92 Å². The molecule has 1 fully saturated rings. The number of nitrogens with zero attached hydrogens (tertiary/aromatic N) is 1. The number of nitrogens with one attached hydrogen (secondary N) is 2. The van der Waals surface area contributed by atoms with Crippen LogP contribution in [-0.4, -0.2) is 57.1 Å². The smallest absolute Gasteiger partial charge is 0.241 e. The number of rotatable bonds is 6. The fourth-order valence-corrected chi connectivity index (χ4v) is 2.51. The first-order chi connectivity index (χ1) is 11.0. The zero-order valence-electron chi connectivity index (χ0n) is 13.9. The molecule has 2 amide bonds. The molecule has 1 aliphatic heterocycles. The molecule has 2 rings (SSSR count). The van der Waals surface area contributed by atoms with Crippen LogP contribution in [0.3, 0.4) is 0 Å². The number of carbonyl (C=O) groups excluding carboxylic acids is 2. The Labute approximate surface area is 135 Å². The predicted octanol–water partition coefficient (Wildman–Crippen LogP) is 0.709. The summed E-state index contributed by atoms with van der Waals surface area (Å²) in [4.78, 5) is 25.9. The molecule has 7 heteroatoms. The van der Waals surface area contributed by atoms with Crippen molar-refractivity contribution < 1.29 is 19.1 Å². The third-order valence-corrected chi connectivity index (χ3v) is 4.12. The van der Waals surface area contributed by atoms with Gasteiger partial charge >= 0.3 is 0 Å². The van der Waals surface area contributed by atoms with Crippen LogP contribution in [0.2, 0.25) is 0 Å². The maximum Gasteiger partial charge on any atom is 0.241 e. The molecule has 1 aromatic carbocycles. The van der Waals surface area contributed by atoms with Crippen LogP contribution in [0.5, 0.6) is 11.5 Å². The number of hydrogen-bond acceptors (Lipinski definition) is 5. The summed E-state index contributed by atoms with van der Waals surface area (Å²) in [6.07, 6.45) is 0. The normalized spacial score (nSPS) is 16.2. The highest BCUT2D eigenvalue weighted by atomic mass is 16.5. The molecule has 0 radical (unpaired) electrons. The lowest BCUT2D eigenvalue weighted by Gasteiger charge is -2.41. The largest absolute Gasteiger partial charge is 0.497 e. The summed E-state index contributed by atoms with van der Waals surface area (Å²) < 4.78 is 10.4. The van der Waals surface area contributed by atoms with Crippen molar-refractivity contribution in [1.29, 1.82) is 0 Å². The Morgan fingerprint density at radius 3 is 2.52 bits per heavy atom. The summed E-state index contributed by atoms with van der Waals surface area (Å²) in [5, 5.41) is 5.48. The number of anilines is 1. The van der Waals surface area contributed by atoms with Crippen molar-refractivity contribution in [2.45, 2.75) is 13.0 Å². The number of carbonyl (C=O) groups is 2. The highest BCUT2D eigenvalue weighted by molar-refractivity contribution is 5.96. The van der Waals surface area contributed by atoms with Gasteiger partial charge in [-0.3, -0.25) is 14.5 Å². The standard InChI is InChI=1S/C16H23N3O4/c1-10(19-8-11(9-19)16(21)17-2)15(20)18-13-7-12(22-3)5-6-14(13)23-4/h5-7,10-11H,8-9H2,1-4H3,(H,17,21)(H,18,20). The lowest BCUT2D eigenvalue weighted by molar-refractivity contribution is -0.134. The highest BCUT2D eigenvalue weighted by Crippen LogP contribution is 2.29. The average molecular weight is 321 g/mol. The number of benzene rings is 1. The predicted molar refractivity (Wildman–Crippen MR) is 86.8 cm³/mol. The first-order valence-corrected chi connectivity index (χ1v) is 7.48. The molecule has 1 aliphatic rings. The van der Waals surface area contributed by atoms with Gasteiger partial charge in [-0.1, -0.05) is 0 Å². The van der Waals surface area contributed by atoms with E-state index in [1.165, 1.54) is 0 Å². The Morgan fingerprint density at radius 1 is 1.26 bits per heavy atom. The summed E-state index contributed by atoms with van der Waals surface area (Å²) in [6, 6.07) is 4.89. The van der Waals surface area contributed by atoms with Crippen molar-refractivity contribution in [3.05, 3.63) is 18.2 Å². The fourth-order valence-electron chi connectivity index (χ4n) is 2.51. The number of methoxy groups -OCH3 is 2. The second kappa shape index (κ2) is 7.32. The first-order valence-electron chi connectivity index (χ1n) is 7.48. The first kappa shape index (κ1) is 17.1. The quantitative estimate of drug-likeness (QED) is 0.806. The van der Waals surface area contributed by atoms with Crippen LogP contribution in [0.15, 0.2) is 18.2 Å². The SMILES string of the molecule is CNC(=O)C1CN(C(C)C(=O)Nc2cc(OC)ccc2OC)C1. The summed E-state index contributed by atoms with van der Waals surface area (Å²) in [6.45, 7) is 3.00. The van der Waals surface area contributed by atoms with Gasteiger partial charge in [-0.15, -0.1) is 0 Å². The molecule has 1 heterocycles. The molecule has 23 heavy (non-hydrogen) atoms. The van der Waals surface area contributed by atoms with Crippen molar-refractivity contribution in [2.75, 3.05) is 39.7 Å². The Morgan fingerprint density at radius 2 is 1.96 bits per heavy atom. The molecular weight excluding hydrogens is 298 g/mol. The van der Waals surface area contributed by atoms with Gasteiger partial charge in [0.1, 0.15) is 11.5 Å². The van der Waals surface area contributed by atoms with Gasteiger partial charge in [0, 0.05) is 26.2 Å². The third-order valence-electron chi connectivity index (χ3n) is 4.12. The van der Waals surface area contributed by atoms with Gasteiger partial charge in [0.05, 0.1) is 31.9 Å². The minimum Gasteiger partial charge on any atom is -0.497 e. The van der Waals surface area contributed by atoms with E-state index in [0.717, 1.165) is 0 Å². The zero-order chi connectivity index (χ0) is 17.0. The molecule has 1 unspecified atom stereocenters. The number of amides is 2. The zero-order valence-corrected chi connectivity index (χ0v) is 13.9. The van der Waals surface area contributed by atoms with Crippen molar-refractivity contribution >= 4 is 17.5 Å². The highest BCUT2D eigenvalue weighted by Gasteiger charge is 2.37. The van der Waals surface area contributed by atoms with Crippen LogP contribution < -0.4 is 20.1 Å². The lowest BCUT2D eigenvalue weighted by atomic mass is 9.97. The Hall–Kier alpha value is -2.28. The molecule has 126 valence electrons. The maximum absolute atomic E-state index is 12.4. The van der Waals surface area contributed by atoms with E-state index in [-0.39, 0.29) is 23.8 Å². The minimum absolute atomic E-state index is 0.0170. The average Bonchev–Trinajstić information content (AvgIpc) is 2.52. The lowest BCUT2D eigenvalue weighted by Crippen LogP contribution is -2.58. The molecule has 0 bridgehead atoms. The van der Waals surface area contributed by atoms with Gasteiger partial charge < -0.3 is 20.1 Å². The molecule has 0 saturated carbocycles. The fraction of sp³-hybridized carbons (Fsp3) is 0.500. The Kier molecular flexibility index (Phi) is 5.44. The molecule has 1 atom stereocenters. The van der Waals surface area contributed by atoms with Crippen molar-refractivity contribution in [3.8, 4) is 11.5 Å². The van der Waals surface area contributed by atoms with Crippen LogP contribution in [0.1, 0.15) is 6.92 Å². The van der Waals surface area contributed by atoms with E-state index in [1.807, 2.05) is 11.8 Å². The van der Waals surface area contributed by atoms with Gasteiger partial charge in [-0.2, -0.15) is 0 Å². The van der Waals surface area contributed by atoms with E-state index in [2.05, 4.69) is 10.6 Å². The van der Waals surface area contributed by atoms with Gasteiger partial charge in [-0.25, -0.2) is 0 Å². The van der Waals surface area contributed by atoms with Crippen LogP contribution >= 0.6 is 0 Å². The van der Waals surface area contributed by atoms with E-state index in [0.29, 0.717) is 30.3 Å². The second-order valence-electron chi connectivity index (χ2n) is 5.50. The Bertz CT molecular complexity index is 585. The number of ether oxygens (including phenoxy) is 2. The molecule has 0 aromatic heterocycles. The van der Waals surface area contributed by atoms with Crippen LogP contribution in [-0.2, 0) is 9.59 Å². The summed E-state index contributed by atoms with van der Waals surface area (Å²) >= 11 is 0. The molecule has 0 spiro atoms. The Balaban J connectivity index is 1.98. The van der Waals surface area contributed by atoms with Gasteiger partial charge in [0.15, 0.2) is 0 Å². The van der Waals surface area contributed by atoms with Gasteiger partial charge in [0.2, 0.25) is 11.8 Å². The topological polar surface area (TPSA) is 79.9 Å². The van der Waals surface area contributed by atoms with E-state index >= 15 is 0 Å². The molecule has 7 nitrogen and oxygen atoms in total. The molecule has 1 saturated heterocycles. The molecule has 0 aliphatic carbocycles. The van der Waals surface area contributed by atoms with Gasteiger partial charge in [-0.05, 0) is 19.1 Å². The van der Waals surface area contributed by atoms with E-state index in [4.69, 9.17) is 9.47 Å². The maximum atomic E-state index is 12.4. The number of hydrogen-bond donors (Lipinski definition) is 2. The second-order valence-corrected chi connectivity index (χ2v) is 5.50. The van der Waals surface area contributed by atoms with Crippen LogP contribution in [0.25, 0.3) is 0 Å². The minimum atomic E-state index is -0.327. The van der Waals surface area contributed by atoms with Crippen molar-refractivity contribution in [2.24, 2.45) is 5.92 Å². The van der Waals surface area contributed by atoms with E-state index in [1.54, 1.807) is 39.5 Å². The van der Waals surface area contributed by atoms with E-state index < -0.39 is 0 Å². The van der Waals surface area contributed by atoms with E-state index in [9.17, 15) is 9.59 Å². The molecule has 2 N–H and O–H groups in total. The van der Waals surface area contributed by atoms with Crippen LogP contribution in [0.4, 0.5) is 5.69 Å². The molecular formula is C16H23N3O4. The monoisotopic (exact) mass is 321 g/mol. The number of likely N-dealkylation sites (tertiary alicyclic amines) is 1. The third kappa shape index (κ3) is 3.73. The van der Waals surface area contributed by atoms with Gasteiger partial charge in [0.25, 0.3) is 0 Å². The van der Waals surface area contributed by atoms with Crippen molar-refractivity contribution in [3.63, 3.8) is 0 Å². The molecule has 1 aromatic rings. The summed E-state index contributed by atoms with van der Waals surface area (Å²) in [5.74, 6) is 1.03. The summed E-state index contributed by atoms with van der Waals surface area (Å²) in [7, 11) is 4.73. The van der Waals surface area contributed by atoms with Crippen molar-refractivity contribution in [1.82, 2.24) is 10.2 Å².